The van der Waals surface area contributed by atoms with Crippen molar-refractivity contribution in [3.05, 3.63) is 72.3 Å². The number of benzene rings is 3. The molecule has 0 aromatic heterocycles. The summed E-state index contributed by atoms with van der Waals surface area (Å²) in [7, 11) is 0. The zero-order chi connectivity index (χ0) is 20.9. The van der Waals surface area contributed by atoms with E-state index in [1.54, 1.807) is 6.92 Å². The Labute approximate surface area is 172 Å². The number of amides is 1. The second kappa shape index (κ2) is 8.99. The van der Waals surface area contributed by atoms with Crippen LogP contribution in [0.3, 0.4) is 0 Å². The molecule has 1 N–H and O–H groups in total. The Kier molecular flexibility index (Phi) is 6.42. The summed E-state index contributed by atoms with van der Waals surface area (Å²) < 4.78 is 11.6. The predicted octanol–water partition coefficient (Wildman–Crippen LogP) is 5.10. The van der Waals surface area contributed by atoms with E-state index >= 15 is 0 Å². The van der Waals surface area contributed by atoms with Gasteiger partial charge < -0.3 is 14.8 Å². The van der Waals surface area contributed by atoms with Crippen LogP contribution >= 0.6 is 0 Å². The lowest BCUT2D eigenvalue weighted by molar-refractivity contribution is -0.127. The summed E-state index contributed by atoms with van der Waals surface area (Å²) in [5, 5.41) is 4.95. The number of carbonyl (C=O) groups excluding carboxylic acids is 1. The Morgan fingerprint density at radius 2 is 1.66 bits per heavy atom. The van der Waals surface area contributed by atoms with E-state index in [2.05, 4.69) is 38.2 Å². The third-order valence-corrected chi connectivity index (χ3v) is 4.81. The van der Waals surface area contributed by atoms with Crippen LogP contribution in [0.15, 0.2) is 66.7 Å². The molecule has 3 rings (SSSR count). The van der Waals surface area contributed by atoms with E-state index in [1.165, 1.54) is 5.56 Å². The SMILES string of the molecule is C[C@H](Oc1cccc2ccccc12)C(=O)NCCOc1ccc(C(C)(C)C)cc1. The molecular formula is C25H29NO3. The van der Waals surface area contributed by atoms with Gasteiger partial charge in [0, 0.05) is 5.39 Å². The molecule has 3 aromatic carbocycles. The van der Waals surface area contributed by atoms with Crippen LogP contribution in [0, 0.1) is 0 Å². The average Bonchev–Trinajstić information content (AvgIpc) is 2.71. The molecular weight excluding hydrogens is 362 g/mol. The van der Waals surface area contributed by atoms with Gasteiger partial charge in [-0.2, -0.15) is 0 Å². The van der Waals surface area contributed by atoms with Crippen LogP contribution in [-0.4, -0.2) is 25.2 Å². The molecule has 29 heavy (non-hydrogen) atoms. The average molecular weight is 392 g/mol. The van der Waals surface area contributed by atoms with Gasteiger partial charge in [0.1, 0.15) is 18.1 Å². The molecule has 0 aliphatic heterocycles. The van der Waals surface area contributed by atoms with Crippen LogP contribution in [0.1, 0.15) is 33.3 Å². The van der Waals surface area contributed by atoms with Gasteiger partial charge in [-0.05, 0) is 41.5 Å². The van der Waals surface area contributed by atoms with Gasteiger partial charge >= 0.3 is 0 Å². The minimum Gasteiger partial charge on any atom is -0.492 e. The van der Waals surface area contributed by atoms with Crippen LogP contribution in [0.5, 0.6) is 11.5 Å². The topological polar surface area (TPSA) is 47.6 Å². The normalized spacial score (nSPS) is 12.4. The Balaban J connectivity index is 1.47. The molecule has 0 bridgehead atoms. The quantitative estimate of drug-likeness (QED) is 0.570. The van der Waals surface area contributed by atoms with Crippen molar-refractivity contribution in [2.24, 2.45) is 0 Å². The monoisotopic (exact) mass is 391 g/mol. The highest BCUT2D eigenvalue weighted by atomic mass is 16.5. The molecule has 3 aromatic rings. The largest absolute Gasteiger partial charge is 0.492 e. The molecule has 0 saturated carbocycles. The van der Waals surface area contributed by atoms with Crippen LogP contribution in [0.2, 0.25) is 0 Å². The first-order valence-electron chi connectivity index (χ1n) is 10.00. The van der Waals surface area contributed by atoms with Gasteiger partial charge in [-0.1, -0.05) is 69.3 Å². The number of hydrogen-bond donors (Lipinski definition) is 1. The molecule has 0 radical (unpaired) electrons. The van der Waals surface area contributed by atoms with Gasteiger partial charge in [-0.25, -0.2) is 0 Å². The minimum atomic E-state index is -0.591. The maximum atomic E-state index is 12.4. The molecule has 0 heterocycles. The van der Waals surface area contributed by atoms with Gasteiger partial charge in [0.05, 0.1) is 6.54 Å². The van der Waals surface area contributed by atoms with Gasteiger partial charge in [-0.15, -0.1) is 0 Å². The Morgan fingerprint density at radius 1 is 0.966 bits per heavy atom. The highest BCUT2D eigenvalue weighted by Gasteiger charge is 2.16. The number of rotatable bonds is 7. The number of carbonyl (C=O) groups is 1. The van der Waals surface area contributed by atoms with E-state index in [4.69, 9.17) is 9.47 Å². The lowest BCUT2D eigenvalue weighted by Gasteiger charge is -2.19. The third-order valence-electron chi connectivity index (χ3n) is 4.81. The second-order valence-electron chi connectivity index (χ2n) is 8.15. The summed E-state index contributed by atoms with van der Waals surface area (Å²) in [6, 6.07) is 21.9. The van der Waals surface area contributed by atoms with Crippen LogP contribution < -0.4 is 14.8 Å². The molecule has 0 unspecified atom stereocenters. The smallest absolute Gasteiger partial charge is 0.260 e. The van der Waals surface area contributed by atoms with Crippen LogP contribution in [-0.2, 0) is 10.2 Å². The van der Waals surface area contributed by atoms with Gasteiger partial charge in [-0.3, -0.25) is 4.79 Å². The number of hydrogen-bond acceptors (Lipinski definition) is 3. The first-order chi connectivity index (χ1) is 13.8. The highest BCUT2D eigenvalue weighted by molar-refractivity contribution is 5.89. The van der Waals surface area contributed by atoms with E-state index < -0.39 is 6.10 Å². The van der Waals surface area contributed by atoms with Crippen LogP contribution in [0.25, 0.3) is 10.8 Å². The number of ether oxygens (including phenoxy) is 2. The van der Waals surface area contributed by atoms with E-state index in [0.29, 0.717) is 18.9 Å². The van der Waals surface area contributed by atoms with E-state index in [1.807, 2.05) is 54.6 Å². The van der Waals surface area contributed by atoms with Gasteiger partial charge in [0.2, 0.25) is 0 Å². The van der Waals surface area contributed by atoms with Crippen molar-refractivity contribution in [2.75, 3.05) is 13.2 Å². The Bertz CT molecular complexity index is 952. The third kappa shape index (κ3) is 5.50. The lowest BCUT2D eigenvalue weighted by atomic mass is 9.87. The zero-order valence-corrected chi connectivity index (χ0v) is 17.6. The molecule has 0 aliphatic rings. The fraction of sp³-hybridized carbons (Fsp3) is 0.320. The molecule has 4 nitrogen and oxygen atoms in total. The van der Waals surface area contributed by atoms with Gasteiger partial charge in [0.25, 0.3) is 5.91 Å². The molecule has 1 amide bonds. The summed E-state index contributed by atoms with van der Waals surface area (Å²) in [5.74, 6) is 1.35. The summed E-state index contributed by atoms with van der Waals surface area (Å²) in [4.78, 5) is 12.4. The van der Waals surface area contributed by atoms with E-state index in [9.17, 15) is 4.79 Å². The second-order valence-corrected chi connectivity index (χ2v) is 8.15. The molecule has 1 atom stereocenters. The predicted molar refractivity (Wildman–Crippen MR) is 118 cm³/mol. The molecule has 0 saturated heterocycles. The standard InChI is InChI=1S/C25H29NO3/c1-18(29-23-11-7-9-19-8-5-6-10-22(19)23)24(27)26-16-17-28-21-14-12-20(13-15-21)25(2,3)4/h5-15,18H,16-17H2,1-4H3,(H,26,27)/t18-/m0/s1. The fourth-order valence-electron chi connectivity index (χ4n) is 3.08. The Morgan fingerprint density at radius 3 is 2.38 bits per heavy atom. The molecule has 152 valence electrons. The fourth-order valence-corrected chi connectivity index (χ4v) is 3.08. The molecule has 0 fully saturated rings. The first kappa shape index (κ1) is 20.7. The molecule has 0 spiro atoms. The highest BCUT2D eigenvalue weighted by Crippen LogP contribution is 2.26. The summed E-state index contributed by atoms with van der Waals surface area (Å²) >= 11 is 0. The molecule has 0 aliphatic carbocycles. The maximum absolute atomic E-state index is 12.4. The van der Waals surface area contributed by atoms with Gasteiger partial charge in [0.15, 0.2) is 6.10 Å². The van der Waals surface area contributed by atoms with Crippen molar-refractivity contribution in [1.82, 2.24) is 5.32 Å². The van der Waals surface area contributed by atoms with Crippen molar-refractivity contribution in [3.8, 4) is 11.5 Å². The van der Waals surface area contributed by atoms with E-state index in [-0.39, 0.29) is 11.3 Å². The zero-order valence-electron chi connectivity index (χ0n) is 17.6. The van der Waals surface area contributed by atoms with E-state index in [0.717, 1.165) is 16.5 Å². The van der Waals surface area contributed by atoms with Crippen molar-refractivity contribution in [2.45, 2.75) is 39.2 Å². The van der Waals surface area contributed by atoms with Crippen molar-refractivity contribution in [3.63, 3.8) is 0 Å². The lowest BCUT2D eigenvalue weighted by Crippen LogP contribution is -2.38. The summed E-state index contributed by atoms with van der Waals surface area (Å²) in [5.41, 5.74) is 1.38. The van der Waals surface area contributed by atoms with Crippen LogP contribution in [0.4, 0.5) is 0 Å². The summed E-state index contributed by atoms with van der Waals surface area (Å²) in [6.45, 7) is 9.12. The Hall–Kier alpha value is -3.01. The number of fused-ring (bicyclic) bond motifs is 1. The number of nitrogens with one attached hydrogen (secondary N) is 1. The van der Waals surface area contributed by atoms with Crippen molar-refractivity contribution >= 4 is 16.7 Å². The maximum Gasteiger partial charge on any atom is 0.260 e. The first-order valence-corrected chi connectivity index (χ1v) is 10.00. The summed E-state index contributed by atoms with van der Waals surface area (Å²) in [6.07, 6.45) is -0.591. The minimum absolute atomic E-state index is 0.118. The molecule has 4 heteroatoms. The van der Waals surface area contributed by atoms with Crippen molar-refractivity contribution in [1.29, 1.82) is 0 Å². The van der Waals surface area contributed by atoms with Crippen molar-refractivity contribution < 1.29 is 14.3 Å².